The zero-order valence-corrected chi connectivity index (χ0v) is 16.0. The van der Waals surface area contributed by atoms with Gasteiger partial charge in [-0.25, -0.2) is 0 Å². The van der Waals surface area contributed by atoms with Crippen molar-refractivity contribution >= 4 is 28.3 Å². The normalized spacial score (nSPS) is 16.6. The molecule has 0 spiro atoms. The van der Waals surface area contributed by atoms with Gasteiger partial charge in [0.2, 0.25) is 11.7 Å². The molecule has 0 atom stereocenters. The number of rotatable bonds is 4. The molecule has 3 aromatic rings. The summed E-state index contributed by atoms with van der Waals surface area (Å²) in [7, 11) is 0. The topological polar surface area (TPSA) is 104 Å². The maximum atomic E-state index is 13.5. The SMILES string of the molecule is NC(=O)C1(n2cc(C(=O)c3ccco3)c3cc(C(F)(F)F)c(N)cc32)CCCCC1. The monoisotopic (exact) mass is 419 g/mol. The molecule has 0 bridgehead atoms. The second kappa shape index (κ2) is 6.93. The van der Waals surface area contributed by atoms with Crippen LogP contribution in [0.1, 0.15) is 53.8 Å². The average molecular weight is 419 g/mol. The van der Waals surface area contributed by atoms with Crippen molar-refractivity contribution in [2.24, 2.45) is 5.73 Å². The van der Waals surface area contributed by atoms with Gasteiger partial charge < -0.3 is 20.5 Å². The van der Waals surface area contributed by atoms with Crippen molar-refractivity contribution in [2.45, 2.75) is 43.8 Å². The average Bonchev–Trinajstić information content (AvgIpc) is 3.34. The molecule has 4 N–H and O–H groups in total. The number of alkyl halides is 3. The number of aromatic nitrogens is 1. The molecular formula is C21H20F3N3O3. The Balaban J connectivity index is 2.03. The highest BCUT2D eigenvalue weighted by Crippen LogP contribution is 2.42. The summed E-state index contributed by atoms with van der Waals surface area (Å²) in [4.78, 5) is 25.5. The molecule has 1 aliphatic rings. The van der Waals surface area contributed by atoms with Gasteiger partial charge in [-0.05, 0) is 37.1 Å². The minimum atomic E-state index is -4.70. The number of nitrogens with two attached hydrogens (primary N) is 2. The number of nitrogen functional groups attached to an aromatic ring is 1. The molecule has 4 rings (SSSR count). The number of halogens is 3. The van der Waals surface area contributed by atoms with Crippen LogP contribution < -0.4 is 11.5 Å². The predicted molar refractivity (Wildman–Crippen MR) is 104 cm³/mol. The summed E-state index contributed by atoms with van der Waals surface area (Å²) >= 11 is 0. The van der Waals surface area contributed by atoms with Crippen molar-refractivity contribution in [3.63, 3.8) is 0 Å². The number of hydrogen-bond acceptors (Lipinski definition) is 4. The van der Waals surface area contributed by atoms with E-state index in [9.17, 15) is 22.8 Å². The number of furan rings is 1. The fourth-order valence-electron chi connectivity index (χ4n) is 4.35. The van der Waals surface area contributed by atoms with Crippen molar-refractivity contribution in [1.82, 2.24) is 4.57 Å². The number of hydrogen-bond donors (Lipinski definition) is 2. The first-order valence-corrected chi connectivity index (χ1v) is 9.55. The minimum absolute atomic E-state index is 0.00310. The van der Waals surface area contributed by atoms with Gasteiger partial charge in [0.1, 0.15) is 5.54 Å². The molecule has 1 fully saturated rings. The van der Waals surface area contributed by atoms with E-state index in [4.69, 9.17) is 15.9 Å². The van der Waals surface area contributed by atoms with Crippen LogP contribution in [-0.4, -0.2) is 16.3 Å². The molecule has 0 saturated heterocycles. The summed E-state index contributed by atoms with van der Waals surface area (Å²) < 4.78 is 47.1. The van der Waals surface area contributed by atoms with Gasteiger partial charge in [-0.3, -0.25) is 9.59 Å². The Morgan fingerprint density at radius 1 is 1.13 bits per heavy atom. The Bertz CT molecular complexity index is 1120. The van der Waals surface area contributed by atoms with Crippen LogP contribution in [0.4, 0.5) is 18.9 Å². The number of primary amides is 1. The molecule has 0 radical (unpaired) electrons. The number of anilines is 1. The summed E-state index contributed by atoms with van der Waals surface area (Å²) in [5.41, 5.74) is 9.08. The van der Waals surface area contributed by atoms with Gasteiger partial charge in [-0.1, -0.05) is 19.3 Å². The molecular weight excluding hydrogens is 399 g/mol. The largest absolute Gasteiger partial charge is 0.461 e. The van der Waals surface area contributed by atoms with Crippen molar-refractivity contribution in [3.8, 4) is 0 Å². The Morgan fingerprint density at radius 3 is 2.40 bits per heavy atom. The smallest absolute Gasteiger partial charge is 0.418 e. The highest BCUT2D eigenvalue weighted by atomic mass is 19.4. The van der Waals surface area contributed by atoms with Gasteiger partial charge in [-0.2, -0.15) is 13.2 Å². The molecule has 1 amide bonds. The first-order valence-electron chi connectivity index (χ1n) is 9.55. The first kappa shape index (κ1) is 20.1. The molecule has 1 aliphatic carbocycles. The molecule has 30 heavy (non-hydrogen) atoms. The van der Waals surface area contributed by atoms with E-state index in [1.807, 2.05) is 0 Å². The van der Waals surface area contributed by atoms with E-state index in [-0.39, 0.29) is 22.2 Å². The molecule has 1 saturated carbocycles. The predicted octanol–water partition coefficient (Wildman–Crippen LogP) is 4.21. The number of ketones is 1. The third-order valence-corrected chi connectivity index (χ3v) is 5.87. The first-order chi connectivity index (χ1) is 14.1. The van der Waals surface area contributed by atoms with Crippen LogP contribution in [0.25, 0.3) is 10.9 Å². The van der Waals surface area contributed by atoms with Gasteiger partial charge in [-0.15, -0.1) is 0 Å². The molecule has 0 unspecified atom stereocenters. The number of fused-ring (bicyclic) bond motifs is 1. The van der Waals surface area contributed by atoms with Crippen molar-refractivity contribution in [2.75, 3.05) is 5.73 Å². The zero-order chi connectivity index (χ0) is 21.7. The van der Waals surface area contributed by atoms with Gasteiger partial charge in [0.25, 0.3) is 0 Å². The number of nitrogens with zero attached hydrogens (tertiary/aromatic N) is 1. The van der Waals surface area contributed by atoms with E-state index in [1.54, 1.807) is 0 Å². The van der Waals surface area contributed by atoms with Crippen LogP contribution >= 0.6 is 0 Å². The lowest BCUT2D eigenvalue weighted by Crippen LogP contribution is -2.47. The lowest BCUT2D eigenvalue weighted by molar-refractivity contribution is -0.136. The standard InChI is InChI=1S/C21H20F3N3O3/c22-21(23,24)14-9-12-13(18(28)17-5-4-8-30-17)11-27(16(12)10-15(14)25)20(19(26)29)6-2-1-3-7-20/h4-5,8-11H,1-3,6-7,25H2,(H2,26,29). The third-order valence-electron chi connectivity index (χ3n) is 5.87. The summed E-state index contributed by atoms with van der Waals surface area (Å²) in [6.45, 7) is 0. The van der Waals surface area contributed by atoms with Crippen LogP contribution in [0.3, 0.4) is 0 Å². The summed E-state index contributed by atoms with van der Waals surface area (Å²) in [6.07, 6.45) is 1.27. The summed E-state index contributed by atoms with van der Waals surface area (Å²) in [5, 5.41) is 0.0455. The van der Waals surface area contributed by atoms with Gasteiger partial charge in [0.05, 0.1) is 22.9 Å². The number of amides is 1. The molecule has 2 aromatic heterocycles. The van der Waals surface area contributed by atoms with Crippen molar-refractivity contribution in [3.05, 3.63) is 53.6 Å². The quantitative estimate of drug-likeness (QED) is 0.488. The lowest BCUT2D eigenvalue weighted by atomic mass is 9.80. The van der Waals surface area contributed by atoms with E-state index < -0.39 is 34.7 Å². The molecule has 1 aromatic carbocycles. The fourth-order valence-corrected chi connectivity index (χ4v) is 4.35. The van der Waals surface area contributed by atoms with Crippen LogP contribution in [0.2, 0.25) is 0 Å². The number of benzene rings is 1. The van der Waals surface area contributed by atoms with Crippen LogP contribution in [0, 0.1) is 0 Å². The molecule has 2 heterocycles. The molecule has 6 nitrogen and oxygen atoms in total. The summed E-state index contributed by atoms with van der Waals surface area (Å²) in [5.74, 6) is -1.19. The zero-order valence-electron chi connectivity index (χ0n) is 16.0. The van der Waals surface area contributed by atoms with Crippen molar-refractivity contribution in [1.29, 1.82) is 0 Å². The maximum Gasteiger partial charge on any atom is 0.418 e. The fraction of sp³-hybridized carbons (Fsp3) is 0.333. The van der Waals surface area contributed by atoms with E-state index in [0.29, 0.717) is 12.8 Å². The Kier molecular flexibility index (Phi) is 4.63. The van der Waals surface area contributed by atoms with Crippen LogP contribution in [-0.2, 0) is 16.5 Å². The van der Waals surface area contributed by atoms with Gasteiger partial charge >= 0.3 is 6.18 Å². The van der Waals surface area contributed by atoms with Crippen molar-refractivity contribution < 1.29 is 27.2 Å². The molecule has 9 heteroatoms. The van der Waals surface area contributed by atoms with Crippen LogP contribution in [0.15, 0.2) is 41.1 Å². The van der Waals surface area contributed by atoms with E-state index in [2.05, 4.69) is 0 Å². The van der Waals surface area contributed by atoms with E-state index in [1.165, 1.54) is 29.2 Å². The Labute approximate surface area is 169 Å². The van der Waals surface area contributed by atoms with E-state index in [0.717, 1.165) is 31.4 Å². The maximum absolute atomic E-state index is 13.5. The lowest BCUT2D eigenvalue weighted by Gasteiger charge is -2.36. The van der Waals surface area contributed by atoms with Crippen LogP contribution in [0.5, 0.6) is 0 Å². The highest BCUT2D eigenvalue weighted by Gasteiger charge is 2.42. The Hall–Kier alpha value is -3.23. The number of carbonyl (C=O) groups excluding carboxylic acids is 2. The second-order valence-electron chi connectivity index (χ2n) is 7.63. The molecule has 158 valence electrons. The number of carbonyl (C=O) groups is 2. The Morgan fingerprint density at radius 2 is 1.83 bits per heavy atom. The highest BCUT2D eigenvalue weighted by molar-refractivity contribution is 6.16. The summed E-state index contributed by atoms with van der Waals surface area (Å²) in [6, 6.07) is 4.96. The van der Waals surface area contributed by atoms with E-state index >= 15 is 0 Å². The third kappa shape index (κ3) is 3.05. The van der Waals surface area contributed by atoms with Gasteiger partial charge in [0.15, 0.2) is 5.76 Å². The molecule has 0 aliphatic heterocycles. The second-order valence-corrected chi connectivity index (χ2v) is 7.63. The van der Waals surface area contributed by atoms with Gasteiger partial charge in [0, 0.05) is 17.3 Å². The minimum Gasteiger partial charge on any atom is -0.461 e.